The molecule has 0 aliphatic rings. The van der Waals surface area contributed by atoms with Crippen LogP contribution in [-0.2, 0) is 0 Å². The molecule has 0 radical (unpaired) electrons. The van der Waals surface area contributed by atoms with Crippen LogP contribution >= 0.6 is 0 Å². The molecule has 6 heteroatoms. The topological polar surface area (TPSA) is 34.1 Å². The zero-order valence-corrected chi connectivity index (χ0v) is 15.4. The highest BCUT2D eigenvalue weighted by molar-refractivity contribution is 5.20. The molecule has 25 heavy (non-hydrogen) atoms. The van der Waals surface area contributed by atoms with Gasteiger partial charge in [0.2, 0.25) is 5.88 Å². The first-order valence-corrected chi connectivity index (χ1v) is 9.31. The molecular formula is C19H31F3N2O. The van der Waals surface area contributed by atoms with Crippen LogP contribution in [0.1, 0.15) is 76.8 Å². The van der Waals surface area contributed by atoms with Crippen molar-refractivity contribution in [3.8, 4) is 5.88 Å². The maximum atomic E-state index is 12.1. The first-order chi connectivity index (χ1) is 11.9. The third-order valence-electron chi connectivity index (χ3n) is 4.12. The molecule has 1 atom stereocenters. The number of unbranched alkanes of at least 4 members (excludes halogenated alkanes) is 7. The molecule has 3 nitrogen and oxygen atoms in total. The summed E-state index contributed by atoms with van der Waals surface area (Å²) in [6.45, 7) is 3.87. The lowest BCUT2D eigenvalue weighted by Crippen LogP contribution is -2.21. The van der Waals surface area contributed by atoms with Crippen LogP contribution in [0.3, 0.4) is 0 Å². The van der Waals surface area contributed by atoms with E-state index in [9.17, 15) is 13.2 Å². The zero-order valence-electron chi connectivity index (χ0n) is 15.4. The van der Waals surface area contributed by atoms with Crippen molar-refractivity contribution < 1.29 is 17.9 Å². The van der Waals surface area contributed by atoms with Gasteiger partial charge < -0.3 is 10.1 Å². The maximum absolute atomic E-state index is 12.1. The van der Waals surface area contributed by atoms with Crippen molar-refractivity contribution in [2.75, 3.05) is 13.2 Å². The maximum Gasteiger partial charge on any atom is 0.422 e. The molecule has 0 amide bonds. The molecule has 0 bridgehead atoms. The molecule has 1 aromatic rings. The Bertz CT molecular complexity index is 449. The largest absolute Gasteiger partial charge is 0.468 e. The number of ether oxygens (including phenoxy) is 1. The summed E-state index contributed by atoms with van der Waals surface area (Å²) >= 11 is 0. The van der Waals surface area contributed by atoms with Crippen molar-refractivity contribution in [1.82, 2.24) is 10.3 Å². The third-order valence-corrected chi connectivity index (χ3v) is 4.12. The highest BCUT2D eigenvalue weighted by Gasteiger charge is 2.28. The van der Waals surface area contributed by atoms with E-state index in [0.29, 0.717) is 0 Å². The molecule has 1 rings (SSSR count). The molecule has 0 saturated carbocycles. The van der Waals surface area contributed by atoms with E-state index in [1.165, 1.54) is 51.0 Å². The highest BCUT2D eigenvalue weighted by Crippen LogP contribution is 2.19. The molecule has 0 unspecified atom stereocenters. The van der Waals surface area contributed by atoms with Crippen LogP contribution in [0.5, 0.6) is 5.88 Å². The average Bonchev–Trinajstić information content (AvgIpc) is 2.58. The van der Waals surface area contributed by atoms with Gasteiger partial charge in [-0.2, -0.15) is 13.2 Å². The fraction of sp³-hybridized carbons (Fsp3) is 0.737. The summed E-state index contributed by atoms with van der Waals surface area (Å²) < 4.78 is 40.9. The van der Waals surface area contributed by atoms with Crippen LogP contribution in [-0.4, -0.2) is 24.3 Å². The summed E-state index contributed by atoms with van der Waals surface area (Å²) in [5, 5.41) is 3.43. The van der Waals surface area contributed by atoms with Crippen LogP contribution in [0.15, 0.2) is 18.3 Å². The summed E-state index contributed by atoms with van der Waals surface area (Å²) in [6.07, 6.45) is 7.51. The highest BCUT2D eigenvalue weighted by atomic mass is 19.4. The molecule has 0 fully saturated rings. The van der Waals surface area contributed by atoms with Crippen molar-refractivity contribution in [3.63, 3.8) is 0 Å². The van der Waals surface area contributed by atoms with Crippen LogP contribution in [0, 0.1) is 0 Å². The Morgan fingerprint density at radius 2 is 1.68 bits per heavy atom. The smallest absolute Gasteiger partial charge is 0.422 e. The number of nitrogens with zero attached hydrogens (tertiary/aromatic N) is 1. The molecule has 1 heterocycles. The predicted molar refractivity (Wildman–Crippen MR) is 94.8 cm³/mol. The Morgan fingerprint density at radius 3 is 2.24 bits per heavy atom. The van der Waals surface area contributed by atoms with E-state index in [1.807, 2.05) is 6.92 Å². The van der Waals surface area contributed by atoms with Gasteiger partial charge in [0.15, 0.2) is 6.61 Å². The second-order valence-corrected chi connectivity index (χ2v) is 6.48. The number of pyridine rings is 1. The number of nitrogens with one attached hydrogen (secondary N) is 1. The number of aromatic nitrogens is 1. The standard InChI is InChI=1S/C19H31F3N2O/c1-3-4-5-6-7-8-9-10-13-23-16(2)17-11-12-18(24-14-17)25-15-19(20,21)22/h11-12,14,16,23H,3-10,13,15H2,1-2H3/t16-/m0/s1. The van der Waals surface area contributed by atoms with E-state index in [1.54, 1.807) is 12.3 Å². The predicted octanol–water partition coefficient (Wildman–Crippen LogP) is 5.81. The number of hydrogen-bond donors (Lipinski definition) is 1. The van der Waals surface area contributed by atoms with E-state index in [2.05, 4.69) is 22.0 Å². The lowest BCUT2D eigenvalue weighted by atomic mass is 10.1. The molecule has 0 spiro atoms. The zero-order chi connectivity index (χ0) is 18.5. The van der Waals surface area contributed by atoms with Gasteiger partial charge in [0.1, 0.15) is 0 Å². The quantitative estimate of drug-likeness (QED) is 0.451. The van der Waals surface area contributed by atoms with Crippen molar-refractivity contribution >= 4 is 0 Å². The molecule has 0 aliphatic carbocycles. The van der Waals surface area contributed by atoms with Gasteiger partial charge in [0.25, 0.3) is 0 Å². The molecular weight excluding hydrogens is 329 g/mol. The van der Waals surface area contributed by atoms with Gasteiger partial charge >= 0.3 is 6.18 Å². The second-order valence-electron chi connectivity index (χ2n) is 6.48. The number of halogens is 3. The van der Waals surface area contributed by atoms with Crippen LogP contribution in [0.4, 0.5) is 13.2 Å². The Balaban J connectivity index is 2.15. The number of rotatable bonds is 13. The average molecular weight is 360 g/mol. The number of alkyl halides is 3. The molecule has 0 aromatic carbocycles. The summed E-state index contributed by atoms with van der Waals surface area (Å²) in [5.74, 6) is -0.00338. The van der Waals surface area contributed by atoms with E-state index in [0.717, 1.165) is 18.5 Å². The van der Waals surface area contributed by atoms with Gasteiger partial charge in [-0.3, -0.25) is 0 Å². The lowest BCUT2D eigenvalue weighted by Gasteiger charge is -2.14. The Labute approximate surface area is 149 Å². The van der Waals surface area contributed by atoms with Gasteiger partial charge in [-0.1, -0.05) is 57.9 Å². The molecule has 1 N–H and O–H groups in total. The van der Waals surface area contributed by atoms with E-state index in [-0.39, 0.29) is 11.9 Å². The van der Waals surface area contributed by atoms with Gasteiger partial charge in [-0.25, -0.2) is 4.98 Å². The van der Waals surface area contributed by atoms with Crippen LogP contribution in [0.2, 0.25) is 0 Å². The fourth-order valence-corrected chi connectivity index (χ4v) is 2.58. The van der Waals surface area contributed by atoms with Crippen molar-refractivity contribution in [1.29, 1.82) is 0 Å². The van der Waals surface area contributed by atoms with Gasteiger partial charge in [-0.05, 0) is 25.5 Å². The van der Waals surface area contributed by atoms with E-state index < -0.39 is 12.8 Å². The first-order valence-electron chi connectivity index (χ1n) is 9.31. The summed E-state index contributed by atoms with van der Waals surface area (Å²) in [5.41, 5.74) is 0.943. The molecule has 1 aromatic heterocycles. The monoisotopic (exact) mass is 360 g/mol. The molecule has 144 valence electrons. The Hall–Kier alpha value is -1.30. The van der Waals surface area contributed by atoms with Crippen molar-refractivity contribution in [3.05, 3.63) is 23.9 Å². The number of hydrogen-bond acceptors (Lipinski definition) is 3. The first kappa shape index (κ1) is 21.7. The Morgan fingerprint density at radius 1 is 1.04 bits per heavy atom. The van der Waals surface area contributed by atoms with Crippen LogP contribution < -0.4 is 10.1 Å². The Kier molecular flexibility index (Phi) is 10.5. The van der Waals surface area contributed by atoms with E-state index in [4.69, 9.17) is 0 Å². The SMILES string of the molecule is CCCCCCCCCCN[C@@H](C)c1ccc(OCC(F)(F)F)nc1. The normalized spacial score (nSPS) is 13.0. The fourth-order valence-electron chi connectivity index (χ4n) is 2.58. The van der Waals surface area contributed by atoms with Gasteiger partial charge in [-0.15, -0.1) is 0 Å². The summed E-state index contributed by atoms with van der Waals surface area (Å²) in [6, 6.07) is 3.35. The minimum atomic E-state index is -4.34. The van der Waals surface area contributed by atoms with Crippen LogP contribution in [0.25, 0.3) is 0 Å². The lowest BCUT2D eigenvalue weighted by molar-refractivity contribution is -0.154. The minimum absolute atomic E-state index is 0.00338. The second kappa shape index (κ2) is 12.1. The third kappa shape index (κ3) is 11.0. The summed E-state index contributed by atoms with van der Waals surface area (Å²) in [7, 11) is 0. The molecule has 0 aliphatic heterocycles. The van der Waals surface area contributed by atoms with Crippen molar-refractivity contribution in [2.45, 2.75) is 77.4 Å². The van der Waals surface area contributed by atoms with Gasteiger partial charge in [0.05, 0.1) is 0 Å². The minimum Gasteiger partial charge on any atom is -0.468 e. The van der Waals surface area contributed by atoms with Crippen molar-refractivity contribution in [2.24, 2.45) is 0 Å². The van der Waals surface area contributed by atoms with E-state index >= 15 is 0 Å². The van der Waals surface area contributed by atoms with Gasteiger partial charge in [0, 0.05) is 18.3 Å². The molecule has 0 saturated heterocycles. The summed E-state index contributed by atoms with van der Waals surface area (Å²) in [4.78, 5) is 3.93.